The quantitative estimate of drug-likeness (QED) is 0.524. The standard InChI is InChI=1S/C8H9Cl2Si/c9-11(10)7-6-8-4-2-1-3-5-8/h1-5H,6-7H2. The van der Waals surface area contributed by atoms with Crippen LogP contribution in [-0.2, 0) is 6.42 Å². The third kappa shape index (κ3) is 3.80. The molecule has 0 fully saturated rings. The molecular formula is C8H9Cl2Si. The highest BCUT2D eigenvalue weighted by molar-refractivity contribution is 7.33. The highest BCUT2D eigenvalue weighted by Gasteiger charge is 2.02. The van der Waals surface area contributed by atoms with Gasteiger partial charge in [0.15, 0.2) is 0 Å². The number of hydrogen-bond acceptors (Lipinski definition) is 0. The molecule has 0 aliphatic rings. The number of halogens is 2. The molecule has 3 heteroatoms. The Kier molecular flexibility index (Phi) is 3.98. The van der Waals surface area contributed by atoms with Gasteiger partial charge in [0, 0.05) is 0 Å². The van der Waals surface area contributed by atoms with Gasteiger partial charge < -0.3 is 0 Å². The lowest BCUT2D eigenvalue weighted by Crippen LogP contribution is -1.94. The minimum Gasteiger partial charge on any atom is -0.147 e. The van der Waals surface area contributed by atoms with Crippen LogP contribution in [0.2, 0.25) is 6.04 Å². The zero-order valence-electron chi connectivity index (χ0n) is 6.06. The van der Waals surface area contributed by atoms with E-state index in [1.165, 1.54) is 5.56 Å². The first-order chi connectivity index (χ1) is 5.29. The monoisotopic (exact) mass is 203 g/mol. The number of rotatable bonds is 3. The highest BCUT2D eigenvalue weighted by atomic mass is 35.7. The van der Waals surface area contributed by atoms with Crippen molar-refractivity contribution in [2.24, 2.45) is 0 Å². The third-order valence-corrected chi connectivity index (χ3v) is 3.21. The molecule has 11 heavy (non-hydrogen) atoms. The summed E-state index contributed by atoms with van der Waals surface area (Å²) in [5, 5.41) is 0. The number of benzene rings is 1. The summed E-state index contributed by atoms with van der Waals surface area (Å²) in [6, 6.07) is 11.2. The van der Waals surface area contributed by atoms with Gasteiger partial charge in [-0.3, -0.25) is 0 Å². The van der Waals surface area contributed by atoms with Crippen molar-refractivity contribution in [3.05, 3.63) is 35.9 Å². The van der Waals surface area contributed by atoms with Crippen LogP contribution in [0.15, 0.2) is 30.3 Å². The molecular weight excluding hydrogens is 195 g/mol. The van der Waals surface area contributed by atoms with Crippen LogP contribution in [0, 0.1) is 0 Å². The maximum Gasteiger partial charge on any atom is 0.274 e. The van der Waals surface area contributed by atoms with Gasteiger partial charge in [-0.25, -0.2) is 0 Å². The fourth-order valence-electron chi connectivity index (χ4n) is 0.884. The summed E-state index contributed by atoms with van der Waals surface area (Å²) in [6.45, 7) is 0. The molecule has 1 aromatic carbocycles. The van der Waals surface area contributed by atoms with Crippen LogP contribution in [0.25, 0.3) is 0 Å². The summed E-state index contributed by atoms with van der Waals surface area (Å²) >= 11 is 11.4. The Balaban J connectivity index is 2.39. The Morgan fingerprint density at radius 1 is 1.09 bits per heavy atom. The van der Waals surface area contributed by atoms with E-state index in [0.29, 0.717) is 0 Å². The lowest BCUT2D eigenvalue weighted by molar-refractivity contribution is 1.13. The summed E-state index contributed by atoms with van der Waals surface area (Å²) in [5.41, 5.74) is 1.32. The minimum absolute atomic E-state index is 0.928. The Bertz CT molecular complexity index is 199. The molecule has 0 atom stereocenters. The van der Waals surface area contributed by atoms with Crippen molar-refractivity contribution < 1.29 is 0 Å². The molecule has 0 aliphatic heterocycles. The van der Waals surface area contributed by atoms with Crippen LogP contribution < -0.4 is 0 Å². The second-order valence-corrected chi connectivity index (χ2v) is 6.82. The SMILES string of the molecule is Cl[Si](Cl)CCc1ccccc1. The van der Waals surface area contributed by atoms with Gasteiger partial charge in [-0.2, -0.15) is 0 Å². The van der Waals surface area contributed by atoms with Gasteiger partial charge >= 0.3 is 0 Å². The molecule has 0 amide bonds. The van der Waals surface area contributed by atoms with E-state index in [2.05, 4.69) is 12.1 Å². The molecule has 1 aromatic rings. The molecule has 0 aromatic heterocycles. The third-order valence-electron chi connectivity index (χ3n) is 1.45. The maximum absolute atomic E-state index is 5.69. The Labute approximate surface area is 78.2 Å². The molecule has 0 saturated heterocycles. The summed E-state index contributed by atoms with van der Waals surface area (Å²) in [4.78, 5) is 0. The average Bonchev–Trinajstić information content (AvgIpc) is 2.03. The van der Waals surface area contributed by atoms with Crippen LogP contribution in [0.1, 0.15) is 5.56 Å². The molecule has 0 spiro atoms. The van der Waals surface area contributed by atoms with Gasteiger partial charge in [0.25, 0.3) is 7.42 Å². The van der Waals surface area contributed by atoms with Crippen molar-refractivity contribution in [3.63, 3.8) is 0 Å². The van der Waals surface area contributed by atoms with Gasteiger partial charge in [-0.05, 0) is 18.0 Å². The highest BCUT2D eigenvalue weighted by Crippen LogP contribution is 2.09. The van der Waals surface area contributed by atoms with E-state index >= 15 is 0 Å². The van der Waals surface area contributed by atoms with Gasteiger partial charge in [0.05, 0.1) is 0 Å². The van der Waals surface area contributed by atoms with E-state index in [4.69, 9.17) is 22.2 Å². The normalized spacial score (nSPS) is 10.5. The Hall–Kier alpha value is 0.0169. The zero-order valence-corrected chi connectivity index (χ0v) is 8.57. The number of aryl methyl sites for hydroxylation is 1. The topological polar surface area (TPSA) is 0 Å². The molecule has 1 radical (unpaired) electrons. The van der Waals surface area contributed by atoms with Crippen LogP contribution in [0.3, 0.4) is 0 Å². The summed E-state index contributed by atoms with van der Waals surface area (Å²) in [5.74, 6) is 0. The maximum atomic E-state index is 5.69. The molecule has 1 rings (SSSR count). The van der Waals surface area contributed by atoms with E-state index in [9.17, 15) is 0 Å². The van der Waals surface area contributed by atoms with Gasteiger partial charge in [0.2, 0.25) is 0 Å². The van der Waals surface area contributed by atoms with Crippen molar-refractivity contribution in [1.29, 1.82) is 0 Å². The predicted octanol–water partition coefficient (Wildman–Crippen LogP) is 3.19. The first-order valence-electron chi connectivity index (χ1n) is 3.50. The second-order valence-electron chi connectivity index (χ2n) is 2.32. The molecule has 59 valence electrons. The largest absolute Gasteiger partial charge is 0.274 e. The van der Waals surface area contributed by atoms with Crippen LogP contribution >= 0.6 is 22.2 Å². The smallest absolute Gasteiger partial charge is 0.147 e. The molecule has 0 bridgehead atoms. The zero-order chi connectivity index (χ0) is 8.10. The lowest BCUT2D eigenvalue weighted by atomic mass is 10.2. The van der Waals surface area contributed by atoms with Crippen molar-refractivity contribution >= 4 is 29.6 Å². The van der Waals surface area contributed by atoms with E-state index in [-0.39, 0.29) is 0 Å². The Morgan fingerprint density at radius 2 is 1.73 bits per heavy atom. The van der Waals surface area contributed by atoms with Crippen LogP contribution in [0.4, 0.5) is 0 Å². The van der Waals surface area contributed by atoms with Crippen molar-refractivity contribution in [1.82, 2.24) is 0 Å². The molecule has 0 nitrogen and oxygen atoms in total. The van der Waals surface area contributed by atoms with E-state index < -0.39 is 7.42 Å². The van der Waals surface area contributed by atoms with Crippen LogP contribution in [0.5, 0.6) is 0 Å². The lowest BCUT2D eigenvalue weighted by Gasteiger charge is -1.98. The molecule has 0 unspecified atom stereocenters. The molecule has 0 heterocycles. The average molecular weight is 204 g/mol. The van der Waals surface area contributed by atoms with E-state index in [1.807, 2.05) is 18.2 Å². The second kappa shape index (κ2) is 4.81. The van der Waals surface area contributed by atoms with E-state index in [1.54, 1.807) is 0 Å². The molecule has 0 N–H and O–H groups in total. The van der Waals surface area contributed by atoms with Gasteiger partial charge in [-0.1, -0.05) is 30.3 Å². The van der Waals surface area contributed by atoms with Gasteiger partial charge in [-0.15, -0.1) is 22.2 Å². The van der Waals surface area contributed by atoms with Crippen molar-refractivity contribution in [2.45, 2.75) is 12.5 Å². The Morgan fingerprint density at radius 3 is 2.27 bits per heavy atom. The molecule has 0 saturated carbocycles. The first kappa shape index (κ1) is 9.11. The first-order valence-corrected chi connectivity index (χ1v) is 7.23. The predicted molar refractivity (Wildman–Crippen MR) is 52.4 cm³/mol. The summed E-state index contributed by atoms with van der Waals surface area (Å²) < 4.78 is 0. The summed E-state index contributed by atoms with van der Waals surface area (Å²) in [6.07, 6.45) is 1.00. The fourth-order valence-corrected chi connectivity index (χ4v) is 1.93. The summed E-state index contributed by atoms with van der Waals surface area (Å²) in [7, 11) is -1.09. The van der Waals surface area contributed by atoms with E-state index in [0.717, 1.165) is 12.5 Å². The van der Waals surface area contributed by atoms with Crippen molar-refractivity contribution in [2.75, 3.05) is 0 Å². The minimum atomic E-state index is -1.09. The molecule has 0 aliphatic carbocycles. The number of hydrogen-bond donors (Lipinski definition) is 0. The van der Waals surface area contributed by atoms with Gasteiger partial charge in [0.1, 0.15) is 0 Å². The van der Waals surface area contributed by atoms with Crippen LogP contribution in [-0.4, -0.2) is 7.42 Å². The van der Waals surface area contributed by atoms with Crippen molar-refractivity contribution in [3.8, 4) is 0 Å². The fraction of sp³-hybridized carbons (Fsp3) is 0.250.